The number of aromatic carboxylic acids is 2. The van der Waals surface area contributed by atoms with Gasteiger partial charge in [-0.15, -0.1) is 0 Å². The van der Waals surface area contributed by atoms with Crippen LogP contribution in [0, 0.1) is 5.92 Å². The molecule has 0 amide bonds. The number of carboxylic acid groups (broad SMARTS) is 2. The highest BCUT2D eigenvalue weighted by molar-refractivity contribution is 5.96. The summed E-state index contributed by atoms with van der Waals surface area (Å²) in [7, 11) is 0. The van der Waals surface area contributed by atoms with Gasteiger partial charge in [-0.2, -0.15) is 0 Å². The molecule has 0 saturated carbocycles. The van der Waals surface area contributed by atoms with Gasteiger partial charge in [-0.1, -0.05) is 6.92 Å². The standard InChI is InChI=1S/C8H7NO4.C6H13N/c9-6-3-4(7(10)11)1-2-5(6)8(12)13;1-6-2-4-7-5-3-6/h1-3H,9H2,(H,10,11)(H,12,13);6-7H,2-5H2,1H3. The molecule has 0 unspecified atom stereocenters. The molecule has 1 aromatic carbocycles. The maximum absolute atomic E-state index is 10.5. The normalized spacial score (nSPS) is 15.1. The summed E-state index contributed by atoms with van der Waals surface area (Å²) >= 11 is 0. The highest BCUT2D eigenvalue weighted by Crippen LogP contribution is 2.14. The quantitative estimate of drug-likeness (QED) is 0.613. The monoisotopic (exact) mass is 280 g/mol. The van der Waals surface area contributed by atoms with E-state index in [1.165, 1.54) is 38.1 Å². The smallest absolute Gasteiger partial charge is 0.337 e. The number of hydrogen-bond acceptors (Lipinski definition) is 4. The minimum Gasteiger partial charge on any atom is -0.478 e. The van der Waals surface area contributed by atoms with Gasteiger partial charge in [0.05, 0.1) is 11.1 Å². The third kappa shape index (κ3) is 4.89. The maximum atomic E-state index is 10.5. The molecule has 1 aliphatic rings. The Labute approximate surface area is 117 Å². The van der Waals surface area contributed by atoms with Gasteiger partial charge < -0.3 is 21.3 Å². The molecular weight excluding hydrogens is 260 g/mol. The van der Waals surface area contributed by atoms with Crippen LogP contribution in [0.4, 0.5) is 5.69 Å². The van der Waals surface area contributed by atoms with Crippen LogP contribution in [0.3, 0.4) is 0 Å². The average molecular weight is 280 g/mol. The third-order valence-corrected chi connectivity index (χ3v) is 3.16. The SMILES string of the molecule is CC1CCNCC1.Nc1cc(C(=O)O)ccc1C(=O)O. The molecule has 0 aromatic heterocycles. The van der Waals surface area contributed by atoms with Crippen molar-refractivity contribution in [2.45, 2.75) is 19.8 Å². The van der Waals surface area contributed by atoms with Crippen molar-refractivity contribution in [3.8, 4) is 0 Å². The fourth-order valence-corrected chi connectivity index (χ4v) is 1.86. The summed E-state index contributed by atoms with van der Waals surface area (Å²) in [5.41, 5.74) is 5.15. The number of rotatable bonds is 2. The van der Waals surface area contributed by atoms with Gasteiger partial charge in [0, 0.05) is 5.69 Å². The van der Waals surface area contributed by atoms with E-state index in [2.05, 4.69) is 12.2 Å². The lowest BCUT2D eigenvalue weighted by Crippen LogP contribution is -2.26. The number of nitrogens with one attached hydrogen (secondary N) is 1. The molecule has 1 aromatic rings. The van der Waals surface area contributed by atoms with Crippen LogP contribution in [0.1, 0.15) is 40.5 Å². The van der Waals surface area contributed by atoms with Crippen molar-refractivity contribution >= 4 is 17.6 Å². The zero-order valence-electron chi connectivity index (χ0n) is 11.4. The molecule has 5 N–H and O–H groups in total. The van der Waals surface area contributed by atoms with Crippen LogP contribution in [0.15, 0.2) is 18.2 Å². The van der Waals surface area contributed by atoms with Gasteiger partial charge in [0.2, 0.25) is 0 Å². The summed E-state index contributed by atoms with van der Waals surface area (Å²) in [6.45, 7) is 4.79. The molecule has 6 heteroatoms. The molecule has 2 rings (SSSR count). The lowest BCUT2D eigenvalue weighted by molar-refractivity contribution is 0.0682. The Kier molecular flexibility index (Phi) is 5.99. The maximum Gasteiger partial charge on any atom is 0.337 e. The number of benzene rings is 1. The van der Waals surface area contributed by atoms with Crippen molar-refractivity contribution < 1.29 is 19.8 Å². The van der Waals surface area contributed by atoms with Crippen molar-refractivity contribution in [1.29, 1.82) is 0 Å². The van der Waals surface area contributed by atoms with Crippen LogP contribution in [0.5, 0.6) is 0 Å². The summed E-state index contributed by atoms with van der Waals surface area (Å²) < 4.78 is 0. The van der Waals surface area contributed by atoms with E-state index in [-0.39, 0.29) is 16.8 Å². The lowest BCUT2D eigenvalue weighted by atomic mass is 10.0. The van der Waals surface area contributed by atoms with Gasteiger partial charge in [-0.3, -0.25) is 0 Å². The second-order valence-electron chi connectivity index (χ2n) is 4.84. The van der Waals surface area contributed by atoms with E-state index in [1.54, 1.807) is 0 Å². The Morgan fingerprint density at radius 2 is 1.80 bits per heavy atom. The van der Waals surface area contributed by atoms with Crippen LogP contribution in [0.2, 0.25) is 0 Å². The van der Waals surface area contributed by atoms with Gasteiger partial charge in [0.25, 0.3) is 0 Å². The minimum absolute atomic E-state index is 0.0255. The second-order valence-corrected chi connectivity index (χ2v) is 4.84. The number of piperidine rings is 1. The Morgan fingerprint density at radius 1 is 1.20 bits per heavy atom. The molecule has 0 radical (unpaired) electrons. The molecule has 1 aliphatic heterocycles. The van der Waals surface area contributed by atoms with Crippen molar-refractivity contribution in [1.82, 2.24) is 5.32 Å². The Bertz CT molecular complexity index is 482. The van der Waals surface area contributed by atoms with E-state index in [0.717, 1.165) is 12.0 Å². The van der Waals surface area contributed by atoms with Crippen LogP contribution in [-0.4, -0.2) is 35.2 Å². The number of nitrogen functional groups attached to an aromatic ring is 1. The first-order valence-corrected chi connectivity index (χ1v) is 6.48. The van der Waals surface area contributed by atoms with Crippen LogP contribution < -0.4 is 11.1 Å². The van der Waals surface area contributed by atoms with Crippen molar-refractivity contribution in [2.24, 2.45) is 5.92 Å². The van der Waals surface area contributed by atoms with E-state index in [0.29, 0.717) is 0 Å². The second kappa shape index (κ2) is 7.49. The first-order chi connectivity index (χ1) is 9.41. The fraction of sp³-hybridized carbons (Fsp3) is 0.429. The predicted octanol–water partition coefficient (Wildman–Crippen LogP) is 1.67. The van der Waals surface area contributed by atoms with E-state index >= 15 is 0 Å². The Balaban J connectivity index is 0.000000240. The average Bonchev–Trinajstić information content (AvgIpc) is 2.39. The highest BCUT2D eigenvalue weighted by Gasteiger charge is 2.10. The number of carbonyl (C=O) groups is 2. The van der Waals surface area contributed by atoms with Crippen LogP contribution >= 0.6 is 0 Å². The largest absolute Gasteiger partial charge is 0.478 e. The lowest BCUT2D eigenvalue weighted by Gasteiger charge is -2.17. The first kappa shape index (κ1) is 16.0. The van der Waals surface area contributed by atoms with Gasteiger partial charge in [0.1, 0.15) is 0 Å². The Morgan fingerprint density at radius 3 is 2.15 bits per heavy atom. The molecule has 0 spiro atoms. The number of hydrogen-bond donors (Lipinski definition) is 4. The fourth-order valence-electron chi connectivity index (χ4n) is 1.86. The summed E-state index contributed by atoms with van der Waals surface area (Å²) in [4.78, 5) is 20.9. The molecule has 110 valence electrons. The summed E-state index contributed by atoms with van der Waals surface area (Å²) in [6.07, 6.45) is 2.75. The number of anilines is 1. The third-order valence-electron chi connectivity index (χ3n) is 3.16. The van der Waals surface area contributed by atoms with E-state index in [4.69, 9.17) is 15.9 Å². The molecule has 0 aliphatic carbocycles. The molecule has 1 saturated heterocycles. The minimum atomic E-state index is -1.17. The van der Waals surface area contributed by atoms with Gasteiger partial charge >= 0.3 is 11.9 Å². The zero-order valence-corrected chi connectivity index (χ0v) is 11.4. The molecule has 20 heavy (non-hydrogen) atoms. The topological polar surface area (TPSA) is 113 Å². The number of carboxylic acids is 2. The number of nitrogens with two attached hydrogens (primary N) is 1. The van der Waals surface area contributed by atoms with Gasteiger partial charge in [0.15, 0.2) is 0 Å². The zero-order chi connectivity index (χ0) is 15.1. The van der Waals surface area contributed by atoms with Crippen molar-refractivity contribution in [3.05, 3.63) is 29.3 Å². The highest BCUT2D eigenvalue weighted by atomic mass is 16.4. The summed E-state index contributed by atoms with van der Waals surface area (Å²) in [5.74, 6) is -1.33. The van der Waals surface area contributed by atoms with E-state index in [1.807, 2.05) is 0 Å². The first-order valence-electron chi connectivity index (χ1n) is 6.48. The molecular formula is C14H20N2O4. The molecule has 0 bridgehead atoms. The van der Waals surface area contributed by atoms with Gasteiger partial charge in [-0.05, 0) is 50.0 Å². The van der Waals surface area contributed by atoms with Crippen molar-refractivity contribution in [2.75, 3.05) is 18.8 Å². The van der Waals surface area contributed by atoms with E-state index in [9.17, 15) is 9.59 Å². The Hall–Kier alpha value is -2.08. The molecule has 6 nitrogen and oxygen atoms in total. The van der Waals surface area contributed by atoms with Crippen LogP contribution in [0.25, 0.3) is 0 Å². The summed E-state index contributed by atoms with van der Waals surface area (Å²) in [6, 6.07) is 3.48. The van der Waals surface area contributed by atoms with Gasteiger partial charge in [-0.25, -0.2) is 9.59 Å². The van der Waals surface area contributed by atoms with Crippen molar-refractivity contribution in [3.63, 3.8) is 0 Å². The predicted molar refractivity (Wildman–Crippen MR) is 76.0 cm³/mol. The molecule has 1 fully saturated rings. The van der Waals surface area contributed by atoms with Crippen LogP contribution in [-0.2, 0) is 0 Å². The van der Waals surface area contributed by atoms with E-state index < -0.39 is 11.9 Å². The molecule has 1 heterocycles. The molecule has 0 atom stereocenters. The summed E-state index contributed by atoms with van der Waals surface area (Å²) in [5, 5.41) is 20.4.